The maximum absolute atomic E-state index is 11.6. The van der Waals surface area contributed by atoms with Crippen LogP contribution >= 0.6 is 0 Å². The van der Waals surface area contributed by atoms with Crippen LogP contribution in [0, 0.1) is 0 Å². The largest absolute Gasteiger partial charge is 0.358 e. The van der Waals surface area contributed by atoms with E-state index in [1.165, 1.54) is 5.56 Å². The highest BCUT2D eigenvalue weighted by atomic mass is 16.2. The van der Waals surface area contributed by atoms with E-state index in [4.69, 9.17) is 0 Å². The van der Waals surface area contributed by atoms with E-state index in [1.54, 1.807) is 7.05 Å². The molecule has 0 aromatic heterocycles. The number of nitrogens with one attached hydrogen (secondary N) is 1. The second-order valence-electron chi connectivity index (χ2n) is 3.99. The van der Waals surface area contributed by atoms with Gasteiger partial charge in [-0.3, -0.25) is 9.69 Å². The molecule has 3 nitrogen and oxygen atoms in total. The average Bonchev–Trinajstić information content (AvgIpc) is 2.37. The van der Waals surface area contributed by atoms with Crippen molar-refractivity contribution in [3.63, 3.8) is 0 Å². The van der Waals surface area contributed by atoms with Gasteiger partial charge in [0.2, 0.25) is 5.91 Å². The van der Waals surface area contributed by atoms with Gasteiger partial charge in [-0.2, -0.15) is 0 Å². The Morgan fingerprint density at radius 1 is 1.47 bits per heavy atom. The summed E-state index contributed by atoms with van der Waals surface area (Å²) in [4.78, 5) is 13.7. The molecule has 0 saturated carbocycles. The second kappa shape index (κ2) is 6.86. The van der Waals surface area contributed by atoms with E-state index in [1.807, 2.05) is 31.2 Å². The van der Waals surface area contributed by atoms with Crippen molar-refractivity contribution in [2.75, 3.05) is 13.6 Å². The molecule has 1 aromatic carbocycles. The first-order valence-electron chi connectivity index (χ1n) is 5.79. The Bertz CT molecular complexity index is 362. The minimum Gasteiger partial charge on any atom is -0.358 e. The van der Waals surface area contributed by atoms with Gasteiger partial charge in [0.05, 0.1) is 6.04 Å². The number of nitrogens with zero attached hydrogens (tertiary/aromatic N) is 1. The van der Waals surface area contributed by atoms with Crippen molar-refractivity contribution in [2.24, 2.45) is 0 Å². The molecule has 0 heterocycles. The Morgan fingerprint density at radius 3 is 2.65 bits per heavy atom. The summed E-state index contributed by atoms with van der Waals surface area (Å²) in [7, 11) is 1.66. The first kappa shape index (κ1) is 13.5. The van der Waals surface area contributed by atoms with Gasteiger partial charge in [-0.1, -0.05) is 36.4 Å². The molecule has 1 amide bonds. The van der Waals surface area contributed by atoms with E-state index < -0.39 is 0 Å². The second-order valence-corrected chi connectivity index (χ2v) is 3.99. The number of carbonyl (C=O) groups is 1. The van der Waals surface area contributed by atoms with Gasteiger partial charge in [-0.05, 0) is 12.5 Å². The molecule has 0 saturated heterocycles. The van der Waals surface area contributed by atoms with Crippen LogP contribution in [0.25, 0.3) is 0 Å². The number of hydrogen-bond donors (Lipinski definition) is 1. The van der Waals surface area contributed by atoms with Crippen molar-refractivity contribution in [3.8, 4) is 0 Å². The standard InChI is InChI=1S/C14H20N2O/c1-4-10-16(12(2)14(17)15-3)11-13-8-6-5-7-9-13/h4-9,12H,1,10-11H2,2-3H3,(H,15,17). The van der Waals surface area contributed by atoms with Crippen LogP contribution in [0.3, 0.4) is 0 Å². The van der Waals surface area contributed by atoms with Crippen LogP contribution in [0.1, 0.15) is 12.5 Å². The minimum atomic E-state index is -0.154. The molecule has 0 radical (unpaired) electrons. The topological polar surface area (TPSA) is 32.3 Å². The molecule has 1 aromatic rings. The summed E-state index contributed by atoms with van der Waals surface area (Å²) >= 11 is 0. The van der Waals surface area contributed by atoms with Crippen LogP contribution in [0.15, 0.2) is 43.0 Å². The molecular weight excluding hydrogens is 212 g/mol. The summed E-state index contributed by atoms with van der Waals surface area (Å²) in [5, 5.41) is 2.67. The first-order valence-corrected chi connectivity index (χ1v) is 5.79. The predicted octanol–water partition coefficient (Wildman–Crippen LogP) is 1.81. The number of hydrogen-bond acceptors (Lipinski definition) is 2. The van der Waals surface area contributed by atoms with Crippen molar-refractivity contribution >= 4 is 5.91 Å². The summed E-state index contributed by atoms with van der Waals surface area (Å²) < 4.78 is 0. The molecule has 3 heteroatoms. The normalized spacial score (nSPS) is 12.2. The zero-order valence-corrected chi connectivity index (χ0v) is 10.5. The molecule has 1 rings (SSSR count). The molecule has 17 heavy (non-hydrogen) atoms. The molecule has 1 N–H and O–H groups in total. The van der Waals surface area contributed by atoms with Gasteiger partial charge < -0.3 is 5.32 Å². The third-order valence-corrected chi connectivity index (χ3v) is 2.77. The SMILES string of the molecule is C=CCN(Cc1ccccc1)C(C)C(=O)NC. The maximum atomic E-state index is 11.6. The molecule has 0 fully saturated rings. The fraction of sp³-hybridized carbons (Fsp3) is 0.357. The monoisotopic (exact) mass is 232 g/mol. The van der Waals surface area contributed by atoms with Crippen LogP contribution in [0.5, 0.6) is 0 Å². The van der Waals surface area contributed by atoms with Gasteiger partial charge in [-0.15, -0.1) is 6.58 Å². The Kier molecular flexibility index (Phi) is 5.43. The molecule has 0 aliphatic rings. The van der Waals surface area contributed by atoms with Gasteiger partial charge in [-0.25, -0.2) is 0 Å². The zero-order valence-electron chi connectivity index (χ0n) is 10.5. The highest BCUT2D eigenvalue weighted by Crippen LogP contribution is 2.08. The van der Waals surface area contributed by atoms with E-state index in [-0.39, 0.29) is 11.9 Å². The van der Waals surface area contributed by atoms with E-state index >= 15 is 0 Å². The Labute approximate surface area is 103 Å². The summed E-state index contributed by atoms with van der Waals surface area (Å²) in [6, 6.07) is 9.97. The molecule has 1 atom stereocenters. The molecule has 92 valence electrons. The quantitative estimate of drug-likeness (QED) is 0.759. The molecular formula is C14H20N2O. The summed E-state index contributed by atoms with van der Waals surface area (Å²) in [5.41, 5.74) is 1.20. The molecule has 1 unspecified atom stereocenters. The Morgan fingerprint density at radius 2 is 2.12 bits per heavy atom. The van der Waals surface area contributed by atoms with E-state index in [9.17, 15) is 4.79 Å². The number of carbonyl (C=O) groups excluding carboxylic acids is 1. The molecule has 0 spiro atoms. The lowest BCUT2D eigenvalue weighted by Crippen LogP contribution is -2.43. The molecule has 0 aliphatic carbocycles. The van der Waals surface area contributed by atoms with Crippen LogP contribution in [-0.4, -0.2) is 30.4 Å². The number of likely N-dealkylation sites (N-methyl/N-ethyl adjacent to an activating group) is 1. The van der Waals surface area contributed by atoms with Gasteiger partial charge in [0.25, 0.3) is 0 Å². The highest BCUT2D eigenvalue weighted by Gasteiger charge is 2.18. The average molecular weight is 232 g/mol. The van der Waals surface area contributed by atoms with E-state index in [2.05, 4.69) is 28.9 Å². The van der Waals surface area contributed by atoms with Crippen molar-refractivity contribution in [3.05, 3.63) is 48.6 Å². The van der Waals surface area contributed by atoms with Gasteiger partial charge >= 0.3 is 0 Å². The lowest BCUT2D eigenvalue weighted by molar-refractivity contribution is -0.125. The Balaban J connectivity index is 2.72. The highest BCUT2D eigenvalue weighted by molar-refractivity contribution is 5.80. The summed E-state index contributed by atoms with van der Waals surface area (Å²) in [6.07, 6.45) is 1.82. The van der Waals surface area contributed by atoms with Crippen LogP contribution in [0.4, 0.5) is 0 Å². The minimum absolute atomic E-state index is 0.0304. The van der Waals surface area contributed by atoms with Crippen LogP contribution in [-0.2, 0) is 11.3 Å². The smallest absolute Gasteiger partial charge is 0.236 e. The zero-order chi connectivity index (χ0) is 12.7. The number of amides is 1. The lowest BCUT2D eigenvalue weighted by atomic mass is 10.1. The lowest BCUT2D eigenvalue weighted by Gasteiger charge is -2.26. The van der Waals surface area contributed by atoms with Crippen molar-refractivity contribution in [2.45, 2.75) is 19.5 Å². The van der Waals surface area contributed by atoms with Crippen molar-refractivity contribution in [1.82, 2.24) is 10.2 Å². The van der Waals surface area contributed by atoms with Crippen molar-refractivity contribution in [1.29, 1.82) is 0 Å². The third-order valence-electron chi connectivity index (χ3n) is 2.77. The first-order chi connectivity index (χ1) is 8.19. The summed E-state index contributed by atoms with van der Waals surface area (Å²) in [5.74, 6) is 0.0304. The van der Waals surface area contributed by atoms with Gasteiger partial charge in [0.15, 0.2) is 0 Å². The fourth-order valence-electron chi connectivity index (χ4n) is 1.72. The predicted molar refractivity (Wildman–Crippen MR) is 70.6 cm³/mol. The Hall–Kier alpha value is -1.61. The van der Waals surface area contributed by atoms with E-state index in [0.717, 1.165) is 6.54 Å². The molecule has 0 aliphatic heterocycles. The van der Waals surface area contributed by atoms with Gasteiger partial charge in [0.1, 0.15) is 0 Å². The number of benzene rings is 1. The number of rotatable bonds is 6. The van der Waals surface area contributed by atoms with Crippen LogP contribution in [0.2, 0.25) is 0 Å². The summed E-state index contributed by atoms with van der Waals surface area (Å²) in [6.45, 7) is 7.09. The third kappa shape index (κ3) is 4.04. The van der Waals surface area contributed by atoms with E-state index in [0.29, 0.717) is 6.54 Å². The molecule has 0 bridgehead atoms. The van der Waals surface area contributed by atoms with Gasteiger partial charge in [0, 0.05) is 20.1 Å². The fourth-order valence-corrected chi connectivity index (χ4v) is 1.72. The van der Waals surface area contributed by atoms with Crippen LogP contribution < -0.4 is 5.32 Å². The van der Waals surface area contributed by atoms with Crippen molar-refractivity contribution < 1.29 is 4.79 Å². The maximum Gasteiger partial charge on any atom is 0.236 e.